The molecule has 0 amide bonds. The minimum atomic E-state index is 0.731. The van der Waals surface area contributed by atoms with Gasteiger partial charge < -0.3 is 4.74 Å². The lowest BCUT2D eigenvalue weighted by Crippen LogP contribution is -1.85. The molecule has 0 saturated carbocycles. The third-order valence-electron chi connectivity index (χ3n) is 2.90. The zero-order valence-corrected chi connectivity index (χ0v) is 11.4. The molecular weight excluding hydrogens is 260 g/mol. The number of pyridine rings is 1. The zero-order chi connectivity index (χ0) is 14.3. The van der Waals surface area contributed by atoms with Gasteiger partial charge in [0.25, 0.3) is 0 Å². The summed E-state index contributed by atoms with van der Waals surface area (Å²) < 4.78 is 5.87. The number of ether oxygens (including phenoxy) is 1. The van der Waals surface area contributed by atoms with Crippen LogP contribution in [-0.2, 0) is 0 Å². The van der Waals surface area contributed by atoms with E-state index < -0.39 is 0 Å². The molecular formula is C18H14N2O. The van der Waals surface area contributed by atoms with E-state index in [0.717, 1.165) is 22.7 Å². The van der Waals surface area contributed by atoms with Crippen molar-refractivity contribution >= 4 is 11.9 Å². The highest BCUT2D eigenvalue weighted by Crippen LogP contribution is 2.31. The summed E-state index contributed by atoms with van der Waals surface area (Å²) in [4.78, 5) is 8.48. The molecule has 3 nitrogen and oxygen atoms in total. The maximum atomic E-state index is 5.87. The second kappa shape index (κ2) is 6.48. The van der Waals surface area contributed by atoms with Crippen molar-refractivity contribution in [1.82, 2.24) is 4.98 Å². The predicted molar refractivity (Wildman–Crippen MR) is 84.4 cm³/mol. The first-order valence-electron chi connectivity index (χ1n) is 6.68. The van der Waals surface area contributed by atoms with Crippen LogP contribution in [0.2, 0.25) is 0 Å². The highest BCUT2D eigenvalue weighted by Gasteiger charge is 2.02. The average Bonchev–Trinajstić information content (AvgIpc) is 2.56. The Morgan fingerprint density at radius 2 is 1.52 bits per heavy atom. The van der Waals surface area contributed by atoms with Gasteiger partial charge in [0.1, 0.15) is 11.4 Å². The molecule has 0 N–H and O–H groups in total. The van der Waals surface area contributed by atoms with Gasteiger partial charge in [-0.1, -0.05) is 30.3 Å². The fourth-order valence-electron chi connectivity index (χ4n) is 1.86. The quantitative estimate of drug-likeness (QED) is 0.650. The summed E-state index contributed by atoms with van der Waals surface area (Å²) in [6, 6.07) is 21.2. The molecule has 0 aliphatic rings. The Labute approximate surface area is 123 Å². The Bertz CT molecular complexity index is 724. The Morgan fingerprint density at radius 3 is 2.33 bits per heavy atom. The number of hydrogen-bond donors (Lipinski definition) is 0. The van der Waals surface area contributed by atoms with Gasteiger partial charge >= 0.3 is 0 Å². The second-order valence-electron chi connectivity index (χ2n) is 4.42. The molecule has 102 valence electrons. The molecule has 3 rings (SSSR count). The Morgan fingerprint density at radius 1 is 0.810 bits per heavy atom. The summed E-state index contributed by atoms with van der Waals surface area (Å²) in [6.45, 7) is 0. The summed E-state index contributed by atoms with van der Waals surface area (Å²) in [7, 11) is 0. The number of benzene rings is 2. The number of aromatic nitrogens is 1. The number of rotatable bonds is 4. The van der Waals surface area contributed by atoms with Crippen LogP contribution in [0, 0.1) is 0 Å². The smallest absolute Gasteiger partial charge is 0.153 e. The molecule has 0 aliphatic carbocycles. The van der Waals surface area contributed by atoms with Crippen molar-refractivity contribution in [2.75, 3.05) is 0 Å². The lowest BCUT2D eigenvalue weighted by molar-refractivity contribution is 0.484. The van der Waals surface area contributed by atoms with E-state index in [1.54, 1.807) is 18.6 Å². The maximum Gasteiger partial charge on any atom is 0.153 e. The number of aliphatic imine (C=N–C) groups is 1. The van der Waals surface area contributed by atoms with Crippen LogP contribution in [-0.4, -0.2) is 11.2 Å². The molecule has 0 spiro atoms. The summed E-state index contributed by atoms with van der Waals surface area (Å²) >= 11 is 0. The normalized spacial score (nSPS) is 10.7. The van der Waals surface area contributed by atoms with Gasteiger partial charge in [-0.2, -0.15) is 0 Å². The third kappa shape index (κ3) is 3.54. The summed E-state index contributed by atoms with van der Waals surface area (Å²) in [5.41, 5.74) is 1.79. The topological polar surface area (TPSA) is 34.5 Å². The monoisotopic (exact) mass is 274 g/mol. The fraction of sp³-hybridized carbons (Fsp3) is 0. The van der Waals surface area contributed by atoms with Gasteiger partial charge in [0.2, 0.25) is 0 Å². The average molecular weight is 274 g/mol. The molecule has 1 heterocycles. The van der Waals surface area contributed by atoms with Crippen molar-refractivity contribution < 1.29 is 4.74 Å². The van der Waals surface area contributed by atoms with E-state index in [4.69, 9.17) is 4.74 Å². The van der Waals surface area contributed by atoms with Crippen molar-refractivity contribution in [2.24, 2.45) is 4.99 Å². The van der Waals surface area contributed by atoms with Crippen molar-refractivity contribution in [3.63, 3.8) is 0 Å². The molecule has 0 atom stereocenters. The molecule has 2 aromatic carbocycles. The van der Waals surface area contributed by atoms with Crippen LogP contribution >= 0.6 is 0 Å². The van der Waals surface area contributed by atoms with Gasteiger partial charge in [-0.05, 0) is 42.0 Å². The summed E-state index contributed by atoms with van der Waals surface area (Å²) in [5.74, 6) is 1.53. The van der Waals surface area contributed by atoms with Crippen LogP contribution in [0.1, 0.15) is 5.56 Å². The van der Waals surface area contributed by atoms with Crippen LogP contribution in [0.4, 0.5) is 5.69 Å². The van der Waals surface area contributed by atoms with Crippen molar-refractivity contribution in [3.05, 3.63) is 84.7 Å². The lowest BCUT2D eigenvalue weighted by atomic mass is 10.2. The molecule has 1 aromatic heterocycles. The molecule has 0 saturated heterocycles. The molecule has 21 heavy (non-hydrogen) atoms. The second-order valence-corrected chi connectivity index (χ2v) is 4.42. The lowest BCUT2D eigenvalue weighted by Gasteiger charge is -2.07. The minimum absolute atomic E-state index is 0.731. The first kappa shape index (κ1) is 13.1. The number of hydrogen-bond acceptors (Lipinski definition) is 3. The van der Waals surface area contributed by atoms with Crippen LogP contribution < -0.4 is 4.74 Å². The van der Waals surface area contributed by atoms with Crippen LogP contribution in [0.3, 0.4) is 0 Å². The standard InChI is InChI=1S/C18H14N2O/c1-2-6-16(7-3-1)21-18-9-5-4-8-17(18)20-14-15-10-12-19-13-11-15/h1-14H. The maximum absolute atomic E-state index is 5.87. The van der Waals surface area contributed by atoms with Gasteiger partial charge in [-0.3, -0.25) is 9.98 Å². The molecule has 0 bridgehead atoms. The highest BCUT2D eigenvalue weighted by atomic mass is 16.5. The van der Waals surface area contributed by atoms with Crippen molar-refractivity contribution in [2.45, 2.75) is 0 Å². The van der Waals surface area contributed by atoms with Gasteiger partial charge in [-0.15, -0.1) is 0 Å². The highest BCUT2D eigenvalue weighted by molar-refractivity contribution is 5.82. The van der Waals surface area contributed by atoms with Crippen molar-refractivity contribution in [3.8, 4) is 11.5 Å². The minimum Gasteiger partial charge on any atom is -0.455 e. The zero-order valence-electron chi connectivity index (χ0n) is 11.4. The van der Waals surface area contributed by atoms with Crippen molar-refractivity contribution in [1.29, 1.82) is 0 Å². The Kier molecular flexibility index (Phi) is 4.03. The van der Waals surface area contributed by atoms with E-state index in [0.29, 0.717) is 0 Å². The SMILES string of the molecule is C(=Nc1ccccc1Oc1ccccc1)c1ccncc1. The van der Waals surface area contributed by atoms with Crippen LogP contribution in [0.5, 0.6) is 11.5 Å². The number of para-hydroxylation sites is 3. The summed E-state index contributed by atoms with van der Waals surface area (Å²) in [6.07, 6.45) is 5.29. The first-order chi connectivity index (χ1) is 10.4. The van der Waals surface area contributed by atoms with Gasteiger partial charge in [0.15, 0.2) is 5.75 Å². The molecule has 0 fully saturated rings. The molecule has 3 heteroatoms. The molecule has 3 aromatic rings. The summed E-state index contributed by atoms with van der Waals surface area (Å²) in [5, 5.41) is 0. The van der Waals surface area contributed by atoms with E-state index in [2.05, 4.69) is 9.98 Å². The van der Waals surface area contributed by atoms with E-state index in [1.807, 2.05) is 66.7 Å². The molecule has 0 radical (unpaired) electrons. The van der Waals surface area contributed by atoms with Crippen LogP contribution in [0.15, 0.2) is 84.1 Å². The third-order valence-corrected chi connectivity index (χ3v) is 2.90. The van der Waals surface area contributed by atoms with Crippen LogP contribution in [0.25, 0.3) is 0 Å². The van der Waals surface area contributed by atoms with Gasteiger partial charge in [0.05, 0.1) is 0 Å². The first-order valence-corrected chi connectivity index (χ1v) is 6.68. The Hall–Kier alpha value is -2.94. The van der Waals surface area contributed by atoms with Gasteiger partial charge in [-0.25, -0.2) is 0 Å². The molecule has 0 aliphatic heterocycles. The van der Waals surface area contributed by atoms with E-state index >= 15 is 0 Å². The van der Waals surface area contributed by atoms with E-state index in [-0.39, 0.29) is 0 Å². The fourth-order valence-corrected chi connectivity index (χ4v) is 1.86. The van der Waals surface area contributed by atoms with E-state index in [1.165, 1.54) is 0 Å². The molecule has 0 unspecified atom stereocenters. The predicted octanol–water partition coefficient (Wildman–Crippen LogP) is 4.62. The van der Waals surface area contributed by atoms with Gasteiger partial charge in [0, 0.05) is 18.6 Å². The number of nitrogens with zero attached hydrogens (tertiary/aromatic N) is 2. The largest absolute Gasteiger partial charge is 0.455 e. The Balaban J connectivity index is 1.84. The van der Waals surface area contributed by atoms with E-state index in [9.17, 15) is 0 Å².